The second kappa shape index (κ2) is 11.5. The van der Waals surface area contributed by atoms with Crippen LogP contribution in [0, 0.1) is 11.7 Å². The van der Waals surface area contributed by atoms with Gasteiger partial charge in [-0.15, -0.1) is 13.2 Å². The SMILES string of the molecule is C=CC[C@@H](Nc1cc(F)cc(Cl)c1)C(=O)N(CC=C)[C@@H]1CCCC(C(=O)OC(C)(C)C)C1. The average Bonchev–Trinajstić information content (AvgIpc) is 2.69. The summed E-state index contributed by atoms with van der Waals surface area (Å²) in [5, 5.41) is 3.33. The number of rotatable bonds is 9. The molecular weight excluding hydrogens is 431 g/mol. The van der Waals surface area contributed by atoms with Crippen molar-refractivity contribution < 1.29 is 18.7 Å². The first-order valence-electron chi connectivity index (χ1n) is 11.0. The van der Waals surface area contributed by atoms with Crippen LogP contribution in [0.3, 0.4) is 0 Å². The maximum absolute atomic E-state index is 13.8. The molecule has 1 saturated carbocycles. The molecule has 1 aromatic rings. The first-order chi connectivity index (χ1) is 15.0. The number of anilines is 1. The first kappa shape index (κ1) is 25.9. The minimum atomic E-state index is -0.646. The van der Waals surface area contributed by atoms with Gasteiger partial charge in [-0.25, -0.2) is 4.39 Å². The van der Waals surface area contributed by atoms with E-state index in [-0.39, 0.29) is 28.9 Å². The molecule has 0 spiro atoms. The zero-order valence-corrected chi connectivity index (χ0v) is 20.0. The normalized spacial score (nSPS) is 19.5. The Kier molecular flexibility index (Phi) is 9.32. The maximum atomic E-state index is 13.8. The van der Waals surface area contributed by atoms with E-state index in [1.54, 1.807) is 23.1 Å². The zero-order chi connectivity index (χ0) is 23.9. The van der Waals surface area contributed by atoms with Gasteiger partial charge in [0.1, 0.15) is 17.5 Å². The summed E-state index contributed by atoms with van der Waals surface area (Å²) in [4.78, 5) is 27.9. The lowest BCUT2D eigenvalue weighted by atomic mass is 9.84. The molecule has 5 nitrogen and oxygen atoms in total. The number of carbonyl (C=O) groups is 2. The molecule has 0 heterocycles. The third kappa shape index (κ3) is 7.66. The van der Waals surface area contributed by atoms with Crippen LogP contribution in [-0.4, -0.2) is 41.0 Å². The molecular formula is C25H34ClFN2O3. The summed E-state index contributed by atoms with van der Waals surface area (Å²) < 4.78 is 19.4. The molecule has 0 radical (unpaired) electrons. The Labute approximate surface area is 195 Å². The molecule has 0 aromatic heterocycles. The number of benzene rings is 1. The van der Waals surface area contributed by atoms with Crippen molar-refractivity contribution in [1.82, 2.24) is 4.90 Å². The summed E-state index contributed by atoms with van der Waals surface area (Å²) in [7, 11) is 0. The van der Waals surface area contributed by atoms with Crippen molar-refractivity contribution in [3.05, 3.63) is 54.3 Å². The molecule has 1 aromatic carbocycles. The van der Waals surface area contributed by atoms with Crippen molar-refractivity contribution in [3.63, 3.8) is 0 Å². The molecule has 176 valence electrons. The lowest BCUT2D eigenvalue weighted by Gasteiger charge is -2.38. The van der Waals surface area contributed by atoms with Crippen LogP contribution in [0.1, 0.15) is 52.9 Å². The number of nitrogens with zero attached hydrogens (tertiary/aromatic N) is 1. The van der Waals surface area contributed by atoms with Crippen molar-refractivity contribution >= 4 is 29.2 Å². The van der Waals surface area contributed by atoms with E-state index in [4.69, 9.17) is 16.3 Å². The number of ether oxygens (including phenoxy) is 1. The van der Waals surface area contributed by atoms with Crippen molar-refractivity contribution in [1.29, 1.82) is 0 Å². The van der Waals surface area contributed by atoms with Gasteiger partial charge in [-0.2, -0.15) is 0 Å². The van der Waals surface area contributed by atoms with Crippen LogP contribution in [0.5, 0.6) is 0 Å². The van der Waals surface area contributed by atoms with Crippen LogP contribution >= 0.6 is 11.6 Å². The fourth-order valence-electron chi connectivity index (χ4n) is 4.03. The number of halogens is 2. The predicted octanol–water partition coefficient (Wildman–Crippen LogP) is 5.75. The largest absolute Gasteiger partial charge is 0.460 e. The molecule has 1 aliphatic rings. The van der Waals surface area contributed by atoms with E-state index in [0.29, 0.717) is 25.1 Å². The van der Waals surface area contributed by atoms with E-state index < -0.39 is 17.5 Å². The number of carbonyl (C=O) groups excluding carboxylic acids is 2. The Hall–Kier alpha value is -2.34. The topological polar surface area (TPSA) is 58.6 Å². The van der Waals surface area contributed by atoms with E-state index in [1.807, 2.05) is 20.8 Å². The molecule has 1 N–H and O–H groups in total. The third-order valence-corrected chi connectivity index (χ3v) is 5.56. The van der Waals surface area contributed by atoms with Crippen LogP contribution in [0.2, 0.25) is 5.02 Å². The molecule has 32 heavy (non-hydrogen) atoms. The Balaban J connectivity index is 2.19. The van der Waals surface area contributed by atoms with Crippen LogP contribution in [-0.2, 0) is 14.3 Å². The maximum Gasteiger partial charge on any atom is 0.309 e. The lowest BCUT2D eigenvalue weighted by Crippen LogP contribution is -2.50. The smallest absolute Gasteiger partial charge is 0.309 e. The van der Waals surface area contributed by atoms with Gasteiger partial charge in [0, 0.05) is 23.3 Å². The highest BCUT2D eigenvalue weighted by molar-refractivity contribution is 6.30. The highest BCUT2D eigenvalue weighted by Crippen LogP contribution is 2.31. The second-order valence-electron chi connectivity index (χ2n) is 9.21. The Bertz CT molecular complexity index is 817. The third-order valence-electron chi connectivity index (χ3n) is 5.34. The molecule has 1 aliphatic carbocycles. The fourth-order valence-corrected chi connectivity index (χ4v) is 4.25. The number of hydrogen-bond donors (Lipinski definition) is 1. The van der Waals surface area contributed by atoms with Gasteiger partial charge >= 0.3 is 5.97 Å². The van der Waals surface area contributed by atoms with Crippen LogP contribution in [0.25, 0.3) is 0 Å². The van der Waals surface area contributed by atoms with Crippen LogP contribution in [0.4, 0.5) is 10.1 Å². The summed E-state index contributed by atoms with van der Waals surface area (Å²) in [6.45, 7) is 13.5. The highest BCUT2D eigenvalue weighted by atomic mass is 35.5. The second-order valence-corrected chi connectivity index (χ2v) is 9.65. The minimum absolute atomic E-state index is 0.114. The van der Waals surface area contributed by atoms with Crippen LogP contribution < -0.4 is 5.32 Å². The van der Waals surface area contributed by atoms with Gasteiger partial charge in [-0.1, -0.05) is 30.2 Å². The molecule has 1 amide bonds. The van der Waals surface area contributed by atoms with Gasteiger partial charge in [0.25, 0.3) is 0 Å². The molecule has 0 saturated heterocycles. The van der Waals surface area contributed by atoms with E-state index in [1.165, 1.54) is 12.1 Å². The van der Waals surface area contributed by atoms with Crippen LogP contribution in [0.15, 0.2) is 43.5 Å². The molecule has 1 unspecified atom stereocenters. The number of esters is 1. The number of nitrogens with one attached hydrogen (secondary N) is 1. The summed E-state index contributed by atoms with van der Waals surface area (Å²) in [6.07, 6.45) is 6.59. The minimum Gasteiger partial charge on any atom is -0.460 e. The van der Waals surface area contributed by atoms with Crippen molar-refractivity contribution in [2.75, 3.05) is 11.9 Å². The van der Waals surface area contributed by atoms with Gasteiger partial charge in [-0.05, 0) is 64.7 Å². The van der Waals surface area contributed by atoms with Gasteiger partial charge in [0.2, 0.25) is 5.91 Å². The van der Waals surface area contributed by atoms with Gasteiger partial charge in [0.05, 0.1) is 5.92 Å². The lowest BCUT2D eigenvalue weighted by molar-refractivity contribution is -0.162. The highest BCUT2D eigenvalue weighted by Gasteiger charge is 2.36. The number of amides is 1. The molecule has 3 atom stereocenters. The van der Waals surface area contributed by atoms with Gasteiger partial charge in [-0.3, -0.25) is 9.59 Å². The molecule has 0 aliphatic heterocycles. The van der Waals surface area contributed by atoms with Crippen molar-refractivity contribution in [2.45, 2.75) is 70.6 Å². The summed E-state index contributed by atoms with van der Waals surface area (Å²) in [5.74, 6) is -1.11. The predicted molar refractivity (Wildman–Crippen MR) is 127 cm³/mol. The zero-order valence-electron chi connectivity index (χ0n) is 19.2. The summed E-state index contributed by atoms with van der Waals surface area (Å²) in [6, 6.07) is 3.32. The Morgan fingerprint density at radius 3 is 2.59 bits per heavy atom. The van der Waals surface area contributed by atoms with Gasteiger partial charge in [0.15, 0.2) is 0 Å². The molecule has 2 rings (SSSR count). The van der Waals surface area contributed by atoms with E-state index in [0.717, 1.165) is 19.3 Å². The molecule has 7 heteroatoms. The van der Waals surface area contributed by atoms with E-state index >= 15 is 0 Å². The molecule has 1 fully saturated rings. The Morgan fingerprint density at radius 2 is 2.00 bits per heavy atom. The quantitative estimate of drug-likeness (QED) is 0.373. The first-order valence-corrected chi connectivity index (χ1v) is 11.4. The van der Waals surface area contributed by atoms with Crippen molar-refractivity contribution in [2.24, 2.45) is 5.92 Å². The standard InChI is InChI=1S/C25H34ClFN2O3/c1-6-9-22(28-20-15-18(26)14-19(27)16-20)23(30)29(12-7-2)21-11-8-10-17(13-21)24(31)32-25(3,4)5/h6-7,14-17,21-22,28H,1-2,8-13H2,3-5H3/t17?,21-,22-/m1/s1. The Morgan fingerprint density at radius 1 is 1.28 bits per heavy atom. The van der Waals surface area contributed by atoms with E-state index in [9.17, 15) is 14.0 Å². The summed E-state index contributed by atoms with van der Waals surface area (Å²) >= 11 is 5.96. The van der Waals surface area contributed by atoms with Crippen molar-refractivity contribution in [3.8, 4) is 0 Å². The average molecular weight is 465 g/mol. The van der Waals surface area contributed by atoms with Gasteiger partial charge < -0.3 is 15.0 Å². The fraction of sp³-hybridized carbons (Fsp3) is 0.520. The van der Waals surface area contributed by atoms with E-state index in [2.05, 4.69) is 18.5 Å². The molecule has 0 bridgehead atoms. The summed E-state index contributed by atoms with van der Waals surface area (Å²) in [5.41, 5.74) is -0.129. The number of hydrogen-bond acceptors (Lipinski definition) is 4. The monoisotopic (exact) mass is 464 g/mol.